The van der Waals surface area contributed by atoms with E-state index >= 15 is 0 Å². The van der Waals surface area contributed by atoms with E-state index in [1.165, 1.54) is 6.07 Å². The molecular weight excluding hydrogens is 333 g/mol. The van der Waals surface area contributed by atoms with Gasteiger partial charge in [-0.2, -0.15) is 13.2 Å². The maximum Gasteiger partial charge on any atom is 0.416 e. The summed E-state index contributed by atoms with van der Waals surface area (Å²) in [6.45, 7) is 0.613. The number of halogens is 3. The molecule has 0 aliphatic heterocycles. The Bertz CT molecular complexity index is 768. The highest BCUT2D eigenvalue weighted by molar-refractivity contribution is 5.91. The molecule has 1 aromatic carbocycles. The minimum absolute atomic E-state index is 0.271. The minimum Gasteiger partial charge on any atom is -0.481 e. The Morgan fingerprint density at radius 1 is 1.20 bits per heavy atom. The van der Waals surface area contributed by atoms with Gasteiger partial charge in [-0.1, -0.05) is 0 Å². The van der Waals surface area contributed by atoms with Crippen LogP contribution in [0.5, 0.6) is 0 Å². The van der Waals surface area contributed by atoms with E-state index in [9.17, 15) is 18.0 Å². The number of carbonyl (C=O) groups is 1. The van der Waals surface area contributed by atoms with Crippen molar-refractivity contribution in [2.45, 2.75) is 31.9 Å². The van der Waals surface area contributed by atoms with E-state index in [-0.39, 0.29) is 5.92 Å². The highest BCUT2D eigenvalue weighted by atomic mass is 19.4. The Hall–Kier alpha value is -2.31. The van der Waals surface area contributed by atoms with Gasteiger partial charge in [-0.05, 0) is 55.9 Å². The second-order valence-corrected chi connectivity index (χ2v) is 6.52. The lowest BCUT2D eigenvalue weighted by atomic mass is 9.82. The van der Waals surface area contributed by atoms with Crippen LogP contribution in [-0.4, -0.2) is 22.6 Å². The summed E-state index contributed by atoms with van der Waals surface area (Å²) in [5.41, 5.74) is 0.432. The molecule has 1 saturated carbocycles. The van der Waals surface area contributed by atoms with Crippen LogP contribution in [0, 0.1) is 11.8 Å². The number of rotatable bonds is 4. The van der Waals surface area contributed by atoms with Gasteiger partial charge in [0.1, 0.15) is 0 Å². The SMILES string of the molecule is O=C(O)[C@H]1CC[C@H](CNc2ccnc3ccc(C(F)(F)F)cc23)CC1. The van der Waals surface area contributed by atoms with Crippen LogP contribution in [0.15, 0.2) is 30.5 Å². The number of hydrogen-bond acceptors (Lipinski definition) is 3. The second kappa shape index (κ2) is 6.90. The van der Waals surface area contributed by atoms with Crippen molar-refractivity contribution in [3.63, 3.8) is 0 Å². The van der Waals surface area contributed by atoms with Crippen molar-refractivity contribution in [1.82, 2.24) is 4.98 Å². The summed E-state index contributed by atoms with van der Waals surface area (Å²) < 4.78 is 38.8. The predicted octanol–water partition coefficient (Wildman–Crippen LogP) is 4.56. The molecule has 2 aromatic rings. The zero-order chi connectivity index (χ0) is 18.0. The van der Waals surface area contributed by atoms with Crippen molar-refractivity contribution in [1.29, 1.82) is 0 Å². The zero-order valence-corrected chi connectivity index (χ0v) is 13.5. The van der Waals surface area contributed by atoms with E-state index in [0.717, 1.165) is 25.0 Å². The van der Waals surface area contributed by atoms with Crippen molar-refractivity contribution in [2.75, 3.05) is 11.9 Å². The topological polar surface area (TPSA) is 62.2 Å². The van der Waals surface area contributed by atoms with Crippen LogP contribution in [0.4, 0.5) is 18.9 Å². The first-order valence-corrected chi connectivity index (χ1v) is 8.27. The zero-order valence-electron chi connectivity index (χ0n) is 13.5. The lowest BCUT2D eigenvalue weighted by Gasteiger charge is -2.26. The fourth-order valence-corrected chi connectivity index (χ4v) is 3.34. The number of hydrogen-bond donors (Lipinski definition) is 2. The Morgan fingerprint density at radius 3 is 2.56 bits per heavy atom. The van der Waals surface area contributed by atoms with E-state index in [4.69, 9.17) is 5.11 Å². The van der Waals surface area contributed by atoms with Crippen molar-refractivity contribution in [3.05, 3.63) is 36.0 Å². The van der Waals surface area contributed by atoms with Crippen LogP contribution in [0.3, 0.4) is 0 Å². The largest absolute Gasteiger partial charge is 0.481 e. The molecule has 1 heterocycles. The van der Waals surface area contributed by atoms with Gasteiger partial charge < -0.3 is 10.4 Å². The molecule has 0 radical (unpaired) electrons. The van der Waals surface area contributed by atoms with Gasteiger partial charge in [0.25, 0.3) is 0 Å². The highest BCUT2D eigenvalue weighted by Crippen LogP contribution is 2.34. The number of carboxylic acid groups (broad SMARTS) is 1. The van der Waals surface area contributed by atoms with Crippen LogP contribution >= 0.6 is 0 Å². The molecule has 1 fully saturated rings. The standard InChI is InChI=1S/C18H19F3N2O2/c19-18(20,21)13-5-6-15-14(9-13)16(7-8-22-15)23-10-11-1-3-12(4-2-11)17(24)25/h5-9,11-12H,1-4,10H2,(H,22,23)(H,24,25)/t11-,12-. The van der Waals surface area contributed by atoms with Crippen LogP contribution in [0.2, 0.25) is 0 Å². The minimum atomic E-state index is -4.39. The van der Waals surface area contributed by atoms with Crippen molar-refractivity contribution in [3.8, 4) is 0 Å². The van der Waals surface area contributed by atoms with E-state index in [1.54, 1.807) is 12.3 Å². The number of benzene rings is 1. The molecule has 1 aliphatic carbocycles. The molecule has 2 N–H and O–H groups in total. The van der Waals surface area contributed by atoms with Gasteiger partial charge in [-0.25, -0.2) is 0 Å². The molecule has 0 atom stereocenters. The smallest absolute Gasteiger partial charge is 0.416 e. The van der Waals surface area contributed by atoms with Gasteiger partial charge in [0.15, 0.2) is 0 Å². The summed E-state index contributed by atoms with van der Waals surface area (Å²) >= 11 is 0. The molecule has 7 heteroatoms. The quantitative estimate of drug-likeness (QED) is 0.847. The van der Waals surface area contributed by atoms with Gasteiger partial charge >= 0.3 is 12.1 Å². The average molecular weight is 352 g/mol. The molecule has 25 heavy (non-hydrogen) atoms. The first-order valence-electron chi connectivity index (χ1n) is 8.27. The van der Waals surface area contributed by atoms with E-state index in [2.05, 4.69) is 10.3 Å². The third kappa shape index (κ3) is 4.03. The molecule has 1 aliphatic rings. The first-order chi connectivity index (χ1) is 11.8. The van der Waals surface area contributed by atoms with Crippen LogP contribution in [0.25, 0.3) is 10.9 Å². The number of nitrogens with one attached hydrogen (secondary N) is 1. The summed E-state index contributed by atoms with van der Waals surface area (Å²) in [4.78, 5) is 15.1. The monoisotopic (exact) mass is 352 g/mol. The van der Waals surface area contributed by atoms with E-state index in [1.807, 2.05) is 0 Å². The third-order valence-corrected chi connectivity index (χ3v) is 4.85. The number of pyridine rings is 1. The lowest BCUT2D eigenvalue weighted by molar-refractivity contribution is -0.143. The van der Waals surface area contributed by atoms with E-state index < -0.39 is 17.7 Å². The lowest BCUT2D eigenvalue weighted by Crippen LogP contribution is -2.25. The average Bonchev–Trinajstić information content (AvgIpc) is 2.59. The third-order valence-electron chi connectivity index (χ3n) is 4.85. The van der Waals surface area contributed by atoms with Crippen molar-refractivity contribution in [2.24, 2.45) is 11.8 Å². The molecule has 0 bridgehead atoms. The molecule has 0 saturated heterocycles. The molecule has 134 valence electrons. The Kier molecular flexibility index (Phi) is 4.83. The Morgan fingerprint density at radius 2 is 1.92 bits per heavy atom. The first kappa shape index (κ1) is 17.5. The van der Waals surface area contributed by atoms with E-state index in [0.29, 0.717) is 41.9 Å². The Balaban J connectivity index is 1.72. The number of carboxylic acids is 1. The molecular formula is C18H19F3N2O2. The summed E-state index contributed by atoms with van der Waals surface area (Å²) in [5.74, 6) is -0.691. The van der Waals surface area contributed by atoms with Crippen LogP contribution in [-0.2, 0) is 11.0 Å². The van der Waals surface area contributed by atoms with Gasteiger partial charge in [0.2, 0.25) is 0 Å². The second-order valence-electron chi connectivity index (χ2n) is 6.52. The van der Waals surface area contributed by atoms with Crippen LogP contribution in [0.1, 0.15) is 31.2 Å². The molecule has 1 aromatic heterocycles. The maximum absolute atomic E-state index is 12.9. The number of aliphatic carboxylic acids is 1. The number of anilines is 1. The van der Waals surface area contributed by atoms with Gasteiger partial charge in [0, 0.05) is 23.8 Å². The summed E-state index contributed by atoms with van der Waals surface area (Å²) in [6.07, 6.45) is 0.0886. The number of fused-ring (bicyclic) bond motifs is 1. The fraction of sp³-hybridized carbons (Fsp3) is 0.444. The summed E-state index contributed by atoms with van der Waals surface area (Å²) in [6, 6.07) is 5.20. The number of alkyl halides is 3. The normalized spacial score (nSPS) is 21.2. The number of aromatic nitrogens is 1. The van der Waals surface area contributed by atoms with Crippen molar-refractivity contribution < 1.29 is 23.1 Å². The molecule has 0 amide bonds. The molecule has 3 rings (SSSR count). The summed E-state index contributed by atoms with van der Waals surface area (Å²) in [7, 11) is 0. The van der Waals surface area contributed by atoms with Gasteiger partial charge in [-0.15, -0.1) is 0 Å². The molecule has 0 unspecified atom stereocenters. The van der Waals surface area contributed by atoms with Crippen LogP contribution < -0.4 is 5.32 Å². The maximum atomic E-state index is 12.9. The van der Waals surface area contributed by atoms with Crippen molar-refractivity contribution >= 4 is 22.6 Å². The predicted molar refractivity (Wildman–Crippen MR) is 88.3 cm³/mol. The fourth-order valence-electron chi connectivity index (χ4n) is 3.34. The summed E-state index contributed by atoms with van der Waals surface area (Å²) in [5, 5.41) is 12.7. The highest BCUT2D eigenvalue weighted by Gasteiger charge is 2.31. The Labute approximate surface area is 143 Å². The number of nitrogens with zero attached hydrogens (tertiary/aromatic N) is 1. The van der Waals surface area contributed by atoms with Gasteiger partial charge in [0.05, 0.1) is 17.0 Å². The molecule has 4 nitrogen and oxygen atoms in total. The van der Waals surface area contributed by atoms with Gasteiger partial charge in [-0.3, -0.25) is 9.78 Å². The molecule has 0 spiro atoms.